The molecule has 17 heavy (non-hydrogen) atoms. The number of rotatable bonds is 4. The van der Waals surface area contributed by atoms with Crippen LogP contribution in [0.4, 0.5) is 18.0 Å². The highest BCUT2D eigenvalue weighted by molar-refractivity contribution is 5.67. The topological polar surface area (TPSA) is 56.2 Å². The normalized spacial score (nSPS) is 11.3. The van der Waals surface area contributed by atoms with Gasteiger partial charge in [-0.1, -0.05) is 0 Å². The van der Waals surface area contributed by atoms with Gasteiger partial charge in [0.25, 0.3) is 0 Å². The summed E-state index contributed by atoms with van der Waals surface area (Å²) in [7, 11) is 1.78. The highest BCUT2D eigenvalue weighted by atomic mass is 19.4. The zero-order valence-electron chi connectivity index (χ0n) is 9.12. The lowest BCUT2D eigenvalue weighted by molar-refractivity contribution is -0.160. The van der Waals surface area contributed by atoms with E-state index in [2.05, 4.69) is 15.0 Å². The third-order valence-electron chi connectivity index (χ3n) is 1.91. The van der Waals surface area contributed by atoms with Gasteiger partial charge in [-0.15, -0.1) is 0 Å². The fourth-order valence-electron chi connectivity index (χ4n) is 1.11. The molecule has 1 N–H and O–H groups in total. The molecule has 0 saturated heterocycles. The maximum absolute atomic E-state index is 11.7. The second kappa shape index (κ2) is 5.55. The van der Waals surface area contributed by atoms with Crippen molar-refractivity contribution in [3.05, 3.63) is 18.2 Å². The number of alkyl halides is 3. The van der Waals surface area contributed by atoms with Crippen molar-refractivity contribution in [1.29, 1.82) is 0 Å². The lowest BCUT2D eigenvalue weighted by Gasteiger charge is -2.08. The minimum absolute atomic E-state index is 0.168. The number of carbonyl (C=O) groups is 1. The fourth-order valence-corrected chi connectivity index (χ4v) is 1.11. The summed E-state index contributed by atoms with van der Waals surface area (Å²) in [5.74, 6) is 0.723. The van der Waals surface area contributed by atoms with Gasteiger partial charge in [0.2, 0.25) is 0 Å². The van der Waals surface area contributed by atoms with Gasteiger partial charge < -0.3 is 14.6 Å². The van der Waals surface area contributed by atoms with E-state index in [9.17, 15) is 18.0 Å². The van der Waals surface area contributed by atoms with Gasteiger partial charge in [0.1, 0.15) is 5.82 Å². The Hall–Kier alpha value is -1.73. The molecule has 1 heterocycles. The van der Waals surface area contributed by atoms with Gasteiger partial charge in [0.15, 0.2) is 6.61 Å². The van der Waals surface area contributed by atoms with E-state index in [1.165, 1.54) is 0 Å². The summed E-state index contributed by atoms with van der Waals surface area (Å²) in [5.41, 5.74) is 0. The van der Waals surface area contributed by atoms with E-state index >= 15 is 0 Å². The number of alkyl carbamates (subject to hydrolysis) is 1. The Morgan fingerprint density at radius 1 is 1.59 bits per heavy atom. The molecule has 0 aliphatic carbocycles. The summed E-state index contributed by atoms with van der Waals surface area (Å²) in [5, 5.41) is 2.21. The van der Waals surface area contributed by atoms with Gasteiger partial charge in [-0.25, -0.2) is 9.78 Å². The molecule has 0 aromatic carbocycles. The van der Waals surface area contributed by atoms with Crippen LogP contribution in [0.5, 0.6) is 0 Å². The molecule has 0 spiro atoms. The number of nitrogens with one attached hydrogen (secondary N) is 1. The number of halogens is 3. The Balaban J connectivity index is 2.19. The average molecular weight is 251 g/mol. The van der Waals surface area contributed by atoms with Gasteiger partial charge >= 0.3 is 12.3 Å². The number of hydrogen-bond donors (Lipinski definition) is 1. The van der Waals surface area contributed by atoms with Crippen molar-refractivity contribution in [2.24, 2.45) is 7.05 Å². The van der Waals surface area contributed by atoms with Crippen LogP contribution in [0, 0.1) is 0 Å². The molecule has 1 aromatic rings. The molecule has 8 heteroatoms. The smallest absolute Gasteiger partial charge is 0.422 e. The molecule has 0 aliphatic heterocycles. The number of aryl methyl sites for hydroxylation is 1. The van der Waals surface area contributed by atoms with Crippen LogP contribution in [0.25, 0.3) is 0 Å². The van der Waals surface area contributed by atoms with Gasteiger partial charge in [0, 0.05) is 32.4 Å². The van der Waals surface area contributed by atoms with Crippen molar-refractivity contribution in [3.63, 3.8) is 0 Å². The van der Waals surface area contributed by atoms with Crippen molar-refractivity contribution in [3.8, 4) is 0 Å². The number of ether oxygens (including phenoxy) is 1. The minimum atomic E-state index is -4.50. The minimum Gasteiger partial charge on any atom is -0.440 e. The van der Waals surface area contributed by atoms with E-state index in [1.807, 2.05) is 0 Å². The molecule has 0 radical (unpaired) electrons. The van der Waals surface area contributed by atoms with Crippen molar-refractivity contribution in [1.82, 2.24) is 14.9 Å². The van der Waals surface area contributed by atoms with E-state index in [0.717, 1.165) is 5.82 Å². The summed E-state index contributed by atoms with van der Waals surface area (Å²) in [6.07, 6.45) is -1.84. The van der Waals surface area contributed by atoms with Crippen molar-refractivity contribution in [2.75, 3.05) is 13.2 Å². The van der Waals surface area contributed by atoms with Gasteiger partial charge in [0.05, 0.1) is 0 Å². The number of nitrogens with zero attached hydrogens (tertiary/aromatic N) is 2. The van der Waals surface area contributed by atoms with Crippen LogP contribution in [0.2, 0.25) is 0 Å². The molecule has 1 amide bonds. The highest BCUT2D eigenvalue weighted by Crippen LogP contribution is 2.14. The highest BCUT2D eigenvalue weighted by Gasteiger charge is 2.29. The molecule has 96 valence electrons. The Labute approximate surface area is 95.6 Å². The predicted molar refractivity (Wildman–Crippen MR) is 52.3 cm³/mol. The van der Waals surface area contributed by atoms with E-state index in [4.69, 9.17) is 0 Å². The van der Waals surface area contributed by atoms with Crippen LogP contribution in [0.15, 0.2) is 12.4 Å². The Kier molecular flexibility index (Phi) is 4.36. The van der Waals surface area contributed by atoms with Crippen LogP contribution in [-0.4, -0.2) is 35.0 Å². The van der Waals surface area contributed by atoms with E-state index in [-0.39, 0.29) is 6.54 Å². The Bertz CT molecular complexity index is 376. The van der Waals surface area contributed by atoms with Crippen molar-refractivity contribution in [2.45, 2.75) is 12.6 Å². The monoisotopic (exact) mass is 251 g/mol. The van der Waals surface area contributed by atoms with E-state index in [1.54, 1.807) is 24.0 Å². The van der Waals surface area contributed by atoms with Crippen LogP contribution in [0.3, 0.4) is 0 Å². The number of carbonyl (C=O) groups excluding carboxylic acids is 1. The maximum Gasteiger partial charge on any atom is 0.422 e. The molecular formula is C9H12F3N3O2. The first-order chi connectivity index (χ1) is 7.88. The Morgan fingerprint density at radius 2 is 2.29 bits per heavy atom. The summed E-state index contributed by atoms with van der Waals surface area (Å²) in [4.78, 5) is 14.8. The first-order valence-corrected chi connectivity index (χ1v) is 4.82. The van der Waals surface area contributed by atoms with E-state index in [0.29, 0.717) is 6.42 Å². The molecule has 0 fully saturated rings. The lowest BCUT2D eigenvalue weighted by atomic mass is 10.4. The number of hydrogen-bond acceptors (Lipinski definition) is 3. The van der Waals surface area contributed by atoms with Crippen molar-refractivity contribution >= 4 is 6.09 Å². The molecule has 0 bridgehead atoms. The fraction of sp³-hybridized carbons (Fsp3) is 0.556. The summed E-state index contributed by atoms with van der Waals surface area (Å²) < 4.78 is 40.8. The predicted octanol–water partition coefficient (Wildman–Crippen LogP) is 1.25. The van der Waals surface area contributed by atoms with Gasteiger partial charge in [-0.3, -0.25) is 0 Å². The molecule has 5 nitrogen and oxygen atoms in total. The zero-order valence-corrected chi connectivity index (χ0v) is 9.12. The first kappa shape index (κ1) is 13.3. The maximum atomic E-state index is 11.7. The van der Waals surface area contributed by atoms with E-state index < -0.39 is 18.9 Å². The first-order valence-electron chi connectivity index (χ1n) is 4.82. The second-order valence-corrected chi connectivity index (χ2v) is 3.32. The zero-order chi connectivity index (χ0) is 12.9. The average Bonchev–Trinajstić information content (AvgIpc) is 2.61. The van der Waals surface area contributed by atoms with Crippen LogP contribution in [-0.2, 0) is 18.2 Å². The number of amides is 1. The second-order valence-electron chi connectivity index (χ2n) is 3.32. The SMILES string of the molecule is Cn1ccnc1CCNC(=O)OCC(F)(F)F. The van der Waals surface area contributed by atoms with Crippen LogP contribution in [0.1, 0.15) is 5.82 Å². The third kappa shape index (κ3) is 5.23. The largest absolute Gasteiger partial charge is 0.440 e. The summed E-state index contributed by atoms with van der Waals surface area (Å²) >= 11 is 0. The van der Waals surface area contributed by atoms with Gasteiger partial charge in [-0.2, -0.15) is 13.2 Å². The number of imidazole rings is 1. The molecular weight excluding hydrogens is 239 g/mol. The standard InChI is InChI=1S/C9H12F3N3O2/c1-15-5-4-13-7(15)2-3-14-8(16)17-6-9(10,11)12/h4-5H,2-3,6H2,1H3,(H,14,16). The quantitative estimate of drug-likeness (QED) is 0.876. The Morgan fingerprint density at radius 3 is 2.82 bits per heavy atom. The molecule has 0 saturated carbocycles. The molecule has 0 unspecified atom stereocenters. The van der Waals surface area contributed by atoms with Crippen LogP contribution >= 0.6 is 0 Å². The lowest BCUT2D eigenvalue weighted by Crippen LogP contribution is -2.30. The molecule has 0 atom stereocenters. The molecule has 0 aliphatic rings. The third-order valence-corrected chi connectivity index (χ3v) is 1.91. The van der Waals surface area contributed by atoms with Gasteiger partial charge in [-0.05, 0) is 0 Å². The number of aromatic nitrogens is 2. The molecule has 1 aromatic heterocycles. The summed E-state index contributed by atoms with van der Waals surface area (Å²) in [6, 6.07) is 0. The summed E-state index contributed by atoms with van der Waals surface area (Å²) in [6.45, 7) is -1.41. The van der Waals surface area contributed by atoms with Crippen LogP contribution < -0.4 is 5.32 Å². The van der Waals surface area contributed by atoms with Crippen molar-refractivity contribution < 1.29 is 22.7 Å². The molecule has 1 rings (SSSR count).